The molecule has 0 aliphatic rings. The van der Waals surface area contributed by atoms with E-state index in [1.165, 1.54) is 17.8 Å². The first-order valence-electron chi connectivity index (χ1n) is 5.24. The molecule has 0 spiro atoms. The minimum Gasteiger partial charge on any atom is -0.384 e. The molecule has 0 atom stereocenters. The Labute approximate surface area is 113 Å². The highest BCUT2D eigenvalue weighted by atomic mass is 32.2. The number of nitrogens with zero attached hydrogens (tertiary/aromatic N) is 1. The van der Waals surface area contributed by atoms with E-state index >= 15 is 0 Å². The summed E-state index contributed by atoms with van der Waals surface area (Å²) >= 11 is 3.06. The molecule has 0 fully saturated rings. The quantitative estimate of drug-likeness (QED) is 0.514. The van der Waals surface area contributed by atoms with Gasteiger partial charge >= 0.3 is 0 Å². The number of hydrogen-bond acceptors (Lipinski definition) is 4. The van der Waals surface area contributed by atoms with Gasteiger partial charge in [-0.3, -0.25) is 5.41 Å². The van der Waals surface area contributed by atoms with Crippen LogP contribution in [0.15, 0.2) is 27.9 Å². The lowest BCUT2D eigenvalue weighted by Crippen LogP contribution is -2.11. The van der Waals surface area contributed by atoms with Gasteiger partial charge in [0.15, 0.2) is 0 Å². The third kappa shape index (κ3) is 3.08. The van der Waals surface area contributed by atoms with Crippen molar-refractivity contribution in [3.8, 4) is 0 Å². The fourth-order valence-corrected chi connectivity index (χ4v) is 3.21. The summed E-state index contributed by atoms with van der Waals surface area (Å²) in [5.74, 6) is 0.0730. The Morgan fingerprint density at radius 3 is 2.89 bits per heavy atom. The lowest BCUT2D eigenvalue weighted by atomic mass is 10.1. The number of hydrogen-bond donors (Lipinski definition) is 2. The first kappa shape index (κ1) is 13.0. The van der Waals surface area contributed by atoms with Crippen LogP contribution in [0.2, 0.25) is 0 Å². The Morgan fingerprint density at radius 1 is 1.56 bits per heavy atom. The highest BCUT2D eigenvalue weighted by molar-refractivity contribution is 8.00. The molecule has 2 aromatic rings. The first-order chi connectivity index (χ1) is 8.56. The van der Waals surface area contributed by atoms with Crippen molar-refractivity contribution in [2.24, 2.45) is 5.73 Å². The van der Waals surface area contributed by atoms with Crippen LogP contribution in [0.25, 0.3) is 0 Å². The number of amidine groups is 1. The number of thiazole rings is 1. The van der Waals surface area contributed by atoms with E-state index < -0.39 is 0 Å². The molecule has 1 heterocycles. The summed E-state index contributed by atoms with van der Waals surface area (Å²) < 4.78 is 14.7. The number of rotatable bonds is 4. The normalized spacial score (nSPS) is 10.6. The molecular weight excluding hydrogens is 269 g/mol. The summed E-state index contributed by atoms with van der Waals surface area (Å²) in [6, 6.07) is 4.62. The molecule has 0 aliphatic heterocycles. The molecule has 3 nitrogen and oxygen atoms in total. The van der Waals surface area contributed by atoms with E-state index in [4.69, 9.17) is 11.1 Å². The Bertz CT molecular complexity index is 580. The first-order valence-corrected chi connectivity index (χ1v) is 7.10. The Morgan fingerprint density at radius 2 is 2.33 bits per heavy atom. The maximum Gasteiger partial charge on any atom is 0.150 e. The van der Waals surface area contributed by atoms with Gasteiger partial charge in [0.05, 0.1) is 0 Å². The van der Waals surface area contributed by atoms with Gasteiger partial charge in [-0.2, -0.15) is 0 Å². The molecule has 0 bridgehead atoms. The molecule has 18 heavy (non-hydrogen) atoms. The Hall–Kier alpha value is -1.40. The molecule has 0 radical (unpaired) electrons. The molecule has 3 N–H and O–H groups in total. The van der Waals surface area contributed by atoms with Crippen LogP contribution in [0.5, 0.6) is 0 Å². The second-order valence-electron chi connectivity index (χ2n) is 3.76. The van der Waals surface area contributed by atoms with Gasteiger partial charge in [0.2, 0.25) is 0 Å². The lowest BCUT2D eigenvalue weighted by molar-refractivity contribution is 0.617. The standard InChI is InChI=1S/C12H12FN3S2/c1-7-5-17-12(16-7)18-6-9-3-2-8(11(14)15)4-10(9)13/h2-5H,6H2,1H3,(H3,14,15). The maximum absolute atomic E-state index is 13.7. The Balaban J connectivity index is 2.08. The summed E-state index contributed by atoms with van der Waals surface area (Å²) in [4.78, 5) is 4.31. The van der Waals surface area contributed by atoms with Crippen LogP contribution in [0, 0.1) is 18.2 Å². The van der Waals surface area contributed by atoms with E-state index in [1.54, 1.807) is 23.5 Å². The van der Waals surface area contributed by atoms with Crippen LogP contribution in [0.3, 0.4) is 0 Å². The number of benzene rings is 1. The third-order valence-corrected chi connectivity index (χ3v) is 4.50. The van der Waals surface area contributed by atoms with Crippen molar-refractivity contribution >= 4 is 28.9 Å². The predicted molar refractivity (Wildman–Crippen MR) is 73.8 cm³/mol. The van der Waals surface area contributed by atoms with Gasteiger partial charge in [-0.1, -0.05) is 23.9 Å². The van der Waals surface area contributed by atoms with Crippen molar-refractivity contribution in [2.45, 2.75) is 17.0 Å². The van der Waals surface area contributed by atoms with Gasteiger partial charge in [-0.15, -0.1) is 11.3 Å². The highest BCUT2D eigenvalue weighted by Gasteiger charge is 2.07. The van der Waals surface area contributed by atoms with Gasteiger partial charge in [0, 0.05) is 22.4 Å². The van der Waals surface area contributed by atoms with Gasteiger partial charge in [0.25, 0.3) is 0 Å². The van der Waals surface area contributed by atoms with Gasteiger partial charge in [-0.05, 0) is 18.6 Å². The maximum atomic E-state index is 13.7. The highest BCUT2D eigenvalue weighted by Crippen LogP contribution is 2.27. The zero-order valence-corrected chi connectivity index (χ0v) is 11.4. The minimum atomic E-state index is -0.330. The average molecular weight is 281 g/mol. The minimum absolute atomic E-state index is 0.122. The predicted octanol–water partition coefficient (Wildman–Crippen LogP) is 3.17. The molecule has 2 rings (SSSR count). The van der Waals surface area contributed by atoms with Crippen molar-refractivity contribution in [2.75, 3.05) is 0 Å². The van der Waals surface area contributed by atoms with Crippen LogP contribution < -0.4 is 5.73 Å². The van der Waals surface area contributed by atoms with Crippen molar-refractivity contribution < 1.29 is 4.39 Å². The average Bonchev–Trinajstić information content (AvgIpc) is 2.73. The third-order valence-electron chi connectivity index (χ3n) is 2.31. The van der Waals surface area contributed by atoms with Gasteiger partial charge in [0.1, 0.15) is 16.0 Å². The number of nitrogen functional groups attached to an aromatic ring is 1. The zero-order chi connectivity index (χ0) is 13.1. The second-order valence-corrected chi connectivity index (χ2v) is 5.84. The van der Waals surface area contributed by atoms with E-state index in [9.17, 15) is 4.39 Å². The van der Waals surface area contributed by atoms with E-state index in [0.717, 1.165) is 10.0 Å². The lowest BCUT2D eigenvalue weighted by Gasteiger charge is -2.04. The molecule has 1 aromatic heterocycles. The second kappa shape index (κ2) is 5.49. The van der Waals surface area contributed by atoms with Crippen LogP contribution in [0.4, 0.5) is 4.39 Å². The molecule has 0 unspecified atom stereocenters. The zero-order valence-electron chi connectivity index (χ0n) is 9.74. The monoisotopic (exact) mass is 281 g/mol. The summed E-state index contributed by atoms with van der Waals surface area (Å²) in [5.41, 5.74) is 7.29. The van der Waals surface area contributed by atoms with Crippen molar-refractivity contribution in [1.82, 2.24) is 4.98 Å². The number of aromatic nitrogens is 1. The van der Waals surface area contributed by atoms with Crippen LogP contribution >= 0.6 is 23.1 Å². The van der Waals surface area contributed by atoms with Crippen LogP contribution in [0.1, 0.15) is 16.8 Å². The summed E-state index contributed by atoms with van der Waals surface area (Å²) in [6.07, 6.45) is 0. The van der Waals surface area contributed by atoms with E-state index in [0.29, 0.717) is 16.9 Å². The largest absolute Gasteiger partial charge is 0.384 e. The van der Waals surface area contributed by atoms with Gasteiger partial charge in [-0.25, -0.2) is 9.37 Å². The number of nitrogens with two attached hydrogens (primary N) is 1. The molecular formula is C12H12FN3S2. The summed E-state index contributed by atoms with van der Waals surface area (Å²) in [7, 11) is 0. The molecule has 0 aliphatic carbocycles. The van der Waals surface area contributed by atoms with Crippen LogP contribution in [-0.2, 0) is 5.75 Å². The van der Waals surface area contributed by atoms with E-state index in [-0.39, 0.29) is 11.7 Å². The molecule has 0 saturated heterocycles. The van der Waals surface area contributed by atoms with E-state index in [2.05, 4.69) is 4.98 Å². The molecule has 6 heteroatoms. The SMILES string of the molecule is Cc1csc(SCc2ccc(C(=N)N)cc2F)n1. The number of aryl methyl sites for hydroxylation is 1. The molecule has 1 aromatic carbocycles. The summed E-state index contributed by atoms with van der Waals surface area (Å²) in [5, 5.41) is 9.21. The fraction of sp³-hybridized carbons (Fsp3) is 0.167. The van der Waals surface area contributed by atoms with E-state index in [1.807, 2.05) is 12.3 Å². The smallest absolute Gasteiger partial charge is 0.150 e. The van der Waals surface area contributed by atoms with Crippen LogP contribution in [-0.4, -0.2) is 10.8 Å². The molecule has 0 saturated carbocycles. The number of nitrogens with one attached hydrogen (secondary N) is 1. The number of halogens is 1. The molecule has 94 valence electrons. The number of thioether (sulfide) groups is 1. The van der Waals surface area contributed by atoms with Crippen molar-refractivity contribution in [1.29, 1.82) is 5.41 Å². The van der Waals surface area contributed by atoms with Crippen molar-refractivity contribution in [3.63, 3.8) is 0 Å². The van der Waals surface area contributed by atoms with Crippen molar-refractivity contribution in [3.05, 3.63) is 46.2 Å². The van der Waals surface area contributed by atoms with Gasteiger partial charge < -0.3 is 5.73 Å². The molecule has 0 amide bonds. The fourth-order valence-electron chi connectivity index (χ4n) is 1.37. The summed E-state index contributed by atoms with van der Waals surface area (Å²) in [6.45, 7) is 1.93. The Kier molecular flexibility index (Phi) is 3.98. The topological polar surface area (TPSA) is 62.8 Å².